The van der Waals surface area contributed by atoms with Gasteiger partial charge in [-0.15, -0.1) is 0 Å². The van der Waals surface area contributed by atoms with Gasteiger partial charge in [0.05, 0.1) is 17.5 Å². The molecule has 4 rings (SSSR count). The van der Waals surface area contributed by atoms with Crippen molar-refractivity contribution in [3.63, 3.8) is 0 Å². The zero-order valence-corrected chi connectivity index (χ0v) is 21.6. The normalized spacial score (nSPS) is 23.9. The zero-order chi connectivity index (χ0) is 25.3. The predicted octanol–water partition coefficient (Wildman–Crippen LogP) is 3.63. The molecule has 1 aromatic heterocycles. The van der Waals surface area contributed by atoms with Crippen LogP contribution in [0, 0.1) is 12.8 Å². The number of rotatable bonds is 5. The standard InChI is InChI=1S/C26H34N4O4S/c1-5-22-17(3)25(29-24-8-6-7-16(2)27-24)21-15-19(9-10-23(21)30(22)18(4)31)26(32)28-20-11-13-35(33,34)14-12-20/h6-10,15,17,20,22,25H,5,11-14H2,1-4H3,(H,27,29)(H,28,32)/t17-,22-,25?/m0/s1. The molecule has 1 fully saturated rings. The number of carbonyl (C=O) groups excluding carboxylic acids is 2. The van der Waals surface area contributed by atoms with Crippen LogP contribution in [0.1, 0.15) is 67.7 Å². The minimum absolute atomic E-state index is 0.00572. The Morgan fingerprint density at radius 1 is 1.14 bits per heavy atom. The van der Waals surface area contributed by atoms with Crippen molar-refractivity contribution in [1.29, 1.82) is 0 Å². The Kier molecular flexibility index (Phi) is 7.17. The lowest BCUT2D eigenvalue weighted by Crippen LogP contribution is -2.49. The van der Waals surface area contributed by atoms with Gasteiger partial charge in [0.25, 0.3) is 5.91 Å². The fourth-order valence-corrected chi connectivity index (χ4v) is 6.83. The summed E-state index contributed by atoms with van der Waals surface area (Å²) in [5, 5.41) is 6.56. The molecule has 9 heteroatoms. The smallest absolute Gasteiger partial charge is 0.251 e. The maximum absolute atomic E-state index is 13.1. The number of sulfone groups is 1. The fraction of sp³-hybridized carbons (Fsp3) is 0.500. The molecule has 3 atom stereocenters. The first kappa shape index (κ1) is 25.2. The third-order valence-corrected chi connectivity index (χ3v) is 8.90. The molecule has 1 saturated heterocycles. The highest BCUT2D eigenvalue weighted by molar-refractivity contribution is 7.91. The van der Waals surface area contributed by atoms with Crippen LogP contribution >= 0.6 is 0 Å². The first-order valence-corrected chi connectivity index (χ1v) is 14.1. The molecule has 0 spiro atoms. The molecule has 3 heterocycles. The number of hydrogen-bond donors (Lipinski definition) is 2. The van der Waals surface area contributed by atoms with E-state index in [9.17, 15) is 18.0 Å². The summed E-state index contributed by atoms with van der Waals surface area (Å²) in [6, 6.07) is 11.0. The summed E-state index contributed by atoms with van der Waals surface area (Å²) < 4.78 is 23.5. The highest BCUT2D eigenvalue weighted by Gasteiger charge is 2.40. The van der Waals surface area contributed by atoms with Crippen LogP contribution in [0.4, 0.5) is 11.5 Å². The van der Waals surface area contributed by atoms with Gasteiger partial charge in [-0.3, -0.25) is 9.59 Å². The lowest BCUT2D eigenvalue weighted by Gasteiger charge is -2.45. The molecule has 0 saturated carbocycles. The summed E-state index contributed by atoms with van der Waals surface area (Å²) in [5.41, 5.74) is 3.07. The van der Waals surface area contributed by atoms with Crippen LogP contribution in [0.25, 0.3) is 0 Å². The first-order chi connectivity index (χ1) is 16.6. The van der Waals surface area contributed by atoms with Gasteiger partial charge in [-0.05, 0) is 62.1 Å². The van der Waals surface area contributed by atoms with Crippen molar-refractivity contribution in [3.05, 3.63) is 53.2 Å². The van der Waals surface area contributed by atoms with E-state index in [2.05, 4.69) is 29.5 Å². The van der Waals surface area contributed by atoms with Crippen LogP contribution in [0.2, 0.25) is 0 Å². The molecule has 0 bridgehead atoms. The van der Waals surface area contributed by atoms with E-state index in [4.69, 9.17) is 0 Å². The van der Waals surface area contributed by atoms with E-state index < -0.39 is 9.84 Å². The Hall–Kier alpha value is -2.94. The number of hydrogen-bond acceptors (Lipinski definition) is 6. The van der Waals surface area contributed by atoms with Crippen molar-refractivity contribution >= 4 is 33.2 Å². The second kappa shape index (κ2) is 9.97. The lowest BCUT2D eigenvalue weighted by molar-refractivity contribution is -0.117. The Bertz CT molecular complexity index is 1220. The van der Waals surface area contributed by atoms with Crippen LogP contribution in [0.3, 0.4) is 0 Å². The fourth-order valence-electron chi connectivity index (χ4n) is 5.34. The number of benzene rings is 1. The summed E-state index contributed by atoms with van der Waals surface area (Å²) in [7, 11) is -3.00. The maximum Gasteiger partial charge on any atom is 0.251 e. The number of aromatic nitrogens is 1. The quantitative estimate of drug-likeness (QED) is 0.652. The average Bonchev–Trinajstić information content (AvgIpc) is 2.81. The predicted molar refractivity (Wildman–Crippen MR) is 137 cm³/mol. The largest absolute Gasteiger partial charge is 0.363 e. The number of amides is 2. The summed E-state index contributed by atoms with van der Waals surface area (Å²) in [6.45, 7) is 7.72. The summed E-state index contributed by atoms with van der Waals surface area (Å²) >= 11 is 0. The van der Waals surface area contributed by atoms with E-state index in [-0.39, 0.29) is 47.4 Å². The maximum atomic E-state index is 13.1. The molecule has 0 aliphatic carbocycles. The molecule has 8 nitrogen and oxygen atoms in total. The molecular formula is C26H34N4O4S. The van der Waals surface area contributed by atoms with Gasteiger partial charge in [0.2, 0.25) is 5.91 Å². The molecule has 2 aliphatic rings. The van der Waals surface area contributed by atoms with Crippen molar-refractivity contribution in [3.8, 4) is 0 Å². The third-order valence-electron chi connectivity index (χ3n) is 7.19. The highest BCUT2D eigenvalue weighted by Crippen LogP contribution is 2.43. The second-order valence-corrected chi connectivity index (χ2v) is 12.0. The molecule has 2 aliphatic heterocycles. The number of fused-ring (bicyclic) bond motifs is 1. The monoisotopic (exact) mass is 498 g/mol. The number of aryl methyl sites for hydroxylation is 1. The molecule has 1 unspecified atom stereocenters. The van der Waals surface area contributed by atoms with Gasteiger partial charge in [0.15, 0.2) is 0 Å². The average molecular weight is 499 g/mol. The Labute approximate surface area is 207 Å². The van der Waals surface area contributed by atoms with Crippen LogP contribution in [0.15, 0.2) is 36.4 Å². The molecular weight excluding hydrogens is 464 g/mol. The van der Waals surface area contributed by atoms with E-state index in [0.717, 1.165) is 29.2 Å². The zero-order valence-electron chi connectivity index (χ0n) is 20.7. The number of nitrogens with one attached hydrogen (secondary N) is 2. The van der Waals surface area contributed by atoms with Crippen molar-refractivity contribution in [2.75, 3.05) is 21.7 Å². The molecule has 0 radical (unpaired) electrons. The lowest BCUT2D eigenvalue weighted by atomic mass is 9.80. The van der Waals surface area contributed by atoms with E-state index in [1.165, 1.54) is 0 Å². The topological polar surface area (TPSA) is 108 Å². The minimum Gasteiger partial charge on any atom is -0.363 e. The SMILES string of the molecule is CC[C@H]1[C@H](C)C(Nc2cccc(C)n2)c2cc(C(=O)NC3CCS(=O)(=O)CC3)ccc2N1C(C)=O. The molecule has 35 heavy (non-hydrogen) atoms. The van der Waals surface area contributed by atoms with E-state index in [1.807, 2.05) is 42.2 Å². The molecule has 1 aromatic carbocycles. The highest BCUT2D eigenvalue weighted by atomic mass is 32.2. The summed E-state index contributed by atoms with van der Waals surface area (Å²) in [4.78, 5) is 32.2. The molecule has 188 valence electrons. The Balaban J connectivity index is 1.68. The van der Waals surface area contributed by atoms with Crippen molar-refractivity contribution in [2.45, 2.75) is 65.1 Å². The van der Waals surface area contributed by atoms with Gasteiger partial charge in [-0.1, -0.05) is 19.9 Å². The van der Waals surface area contributed by atoms with Gasteiger partial charge < -0.3 is 15.5 Å². The number of nitrogens with zero attached hydrogens (tertiary/aromatic N) is 2. The first-order valence-electron chi connectivity index (χ1n) is 12.2. The van der Waals surface area contributed by atoms with Crippen molar-refractivity contribution in [1.82, 2.24) is 10.3 Å². The van der Waals surface area contributed by atoms with E-state index in [0.29, 0.717) is 18.4 Å². The Morgan fingerprint density at radius 3 is 2.49 bits per heavy atom. The van der Waals surface area contributed by atoms with Crippen molar-refractivity contribution in [2.24, 2.45) is 5.92 Å². The molecule has 2 N–H and O–H groups in total. The molecule has 2 amide bonds. The van der Waals surface area contributed by atoms with Gasteiger partial charge in [0.1, 0.15) is 15.7 Å². The Morgan fingerprint density at radius 2 is 1.86 bits per heavy atom. The number of pyridine rings is 1. The summed E-state index contributed by atoms with van der Waals surface area (Å²) in [6.07, 6.45) is 1.65. The van der Waals surface area contributed by atoms with E-state index >= 15 is 0 Å². The summed E-state index contributed by atoms with van der Waals surface area (Å²) in [5.74, 6) is 0.752. The number of carbonyl (C=O) groups is 2. The molecule has 2 aromatic rings. The van der Waals surface area contributed by atoms with Gasteiger partial charge in [-0.2, -0.15) is 0 Å². The number of anilines is 2. The second-order valence-electron chi connectivity index (χ2n) is 9.68. The van der Waals surface area contributed by atoms with Crippen LogP contribution in [-0.4, -0.2) is 48.8 Å². The van der Waals surface area contributed by atoms with Crippen LogP contribution in [-0.2, 0) is 14.6 Å². The van der Waals surface area contributed by atoms with Crippen LogP contribution < -0.4 is 15.5 Å². The van der Waals surface area contributed by atoms with E-state index in [1.54, 1.807) is 13.0 Å². The van der Waals surface area contributed by atoms with Crippen LogP contribution in [0.5, 0.6) is 0 Å². The van der Waals surface area contributed by atoms with Gasteiger partial charge >= 0.3 is 0 Å². The van der Waals surface area contributed by atoms with Gasteiger partial charge in [-0.25, -0.2) is 13.4 Å². The van der Waals surface area contributed by atoms with Gasteiger partial charge in [0, 0.05) is 41.9 Å². The minimum atomic E-state index is -3.00. The third kappa shape index (κ3) is 5.34. The van der Waals surface area contributed by atoms with Crippen molar-refractivity contribution < 1.29 is 18.0 Å².